The Morgan fingerprint density at radius 2 is 2.08 bits per heavy atom. The van der Waals surface area contributed by atoms with Gasteiger partial charge in [-0.3, -0.25) is 5.10 Å². The summed E-state index contributed by atoms with van der Waals surface area (Å²) in [7, 11) is 0. The molecule has 2 saturated heterocycles. The summed E-state index contributed by atoms with van der Waals surface area (Å²) in [6.07, 6.45) is 6.38. The fourth-order valence-corrected chi connectivity index (χ4v) is 5.01. The van der Waals surface area contributed by atoms with Crippen molar-refractivity contribution in [2.24, 2.45) is 5.92 Å². The van der Waals surface area contributed by atoms with Gasteiger partial charge in [-0.1, -0.05) is 0 Å². The number of nitrogens with one attached hydrogen (secondary N) is 4. The van der Waals surface area contributed by atoms with Gasteiger partial charge < -0.3 is 16.0 Å². The Balaban J connectivity index is 1.31. The van der Waals surface area contributed by atoms with Gasteiger partial charge >= 0.3 is 0 Å². The normalized spacial score (nSPS) is 27.7. The van der Waals surface area contributed by atoms with Gasteiger partial charge in [-0.05, 0) is 44.9 Å². The van der Waals surface area contributed by atoms with Crippen LogP contribution in [0.2, 0.25) is 0 Å². The highest BCUT2D eigenvalue weighted by Gasteiger charge is 2.35. The molecule has 4 rings (SSSR count). The van der Waals surface area contributed by atoms with Crippen LogP contribution in [-0.2, 0) is 0 Å². The number of aryl methyl sites for hydroxylation is 1. The number of aromatic nitrogens is 3. The smallest absolute Gasteiger partial charge is 0.184 e. The molecular formula is C18H25N7S. The van der Waals surface area contributed by atoms with Crippen molar-refractivity contribution < 1.29 is 0 Å². The average molecular weight is 372 g/mol. The predicted molar refractivity (Wildman–Crippen MR) is 104 cm³/mol. The average Bonchev–Trinajstić information content (AvgIpc) is 3.21. The topological polar surface area (TPSA) is 101 Å². The molecule has 0 saturated carbocycles. The molecule has 4 atom stereocenters. The Kier molecular flexibility index (Phi) is 5.09. The third kappa shape index (κ3) is 4.17. The highest BCUT2D eigenvalue weighted by molar-refractivity contribution is 7.14. The molecule has 2 fully saturated rings. The molecule has 2 aliphatic heterocycles. The van der Waals surface area contributed by atoms with E-state index in [2.05, 4.69) is 37.2 Å². The molecule has 0 aliphatic carbocycles. The summed E-state index contributed by atoms with van der Waals surface area (Å²) < 4.78 is 0. The molecule has 0 radical (unpaired) electrons. The third-order valence-electron chi connectivity index (χ3n) is 5.30. The number of anilines is 3. The maximum Gasteiger partial charge on any atom is 0.184 e. The van der Waals surface area contributed by atoms with Gasteiger partial charge in [0.2, 0.25) is 0 Å². The predicted octanol–water partition coefficient (Wildman–Crippen LogP) is 3.53. The van der Waals surface area contributed by atoms with Crippen molar-refractivity contribution in [3.8, 4) is 6.07 Å². The van der Waals surface area contributed by atoms with E-state index in [-0.39, 0.29) is 0 Å². The van der Waals surface area contributed by atoms with E-state index >= 15 is 0 Å². The van der Waals surface area contributed by atoms with Crippen molar-refractivity contribution in [1.29, 1.82) is 5.26 Å². The van der Waals surface area contributed by atoms with Gasteiger partial charge in [0.05, 0.1) is 6.07 Å². The molecule has 7 nitrogen and oxygen atoms in total. The summed E-state index contributed by atoms with van der Waals surface area (Å²) in [5.74, 6) is 2.33. The molecule has 0 spiro atoms. The minimum atomic E-state index is 0.467. The Morgan fingerprint density at radius 1 is 1.27 bits per heavy atom. The van der Waals surface area contributed by atoms with Crippen molar-refractivity contribution in [3.05, 3.63) is 17.1 Å². The summed E-state index contributed by atoms with van der Waals surface area (Å²) in [4.78, 5) is 4.64. The van der Waals surface area contributed by atoms with Gasteiger partial charge in [-0.25, -0.2) is 4.98 Å². The van der Waals surface area contributed by atoms with Crippen LogP contribution in [0.1, 0.15) is 44.2 Å². The Morgan fingerprint density at radius 3 is 2.77 bits per heavy atom. The maximum absolute atomic E-state index is 8.81. The van der Waals surface area contributed by atoms with Crippen LogP contribution in [-0.4, -0.2) is 33.3 Å². The van der Waals surface area contributed by atoms with E-state index in [1.54, 1.807) is 11.3 Å². The maximum atomic E-state index is 8.81. The fourth-order valence-electron chi connectivity index (χ4n) is 4.29. The van der Waals surface area contributed by atoms with Crippen molar-refractivity contribution in [2.45, 2.75) is 63.6 Å². The second-order valence-corrected chi connectivity index (χ2v) is 8.36. The van der Waals surface area contributed by atoms with E-state index in [1.165, 1.54) is 12.8 Å². The van der Waals surface area contributed by atoms with Gasteiger partial charge in [0.15, 0.2) is 10.9 Å². The number of nitriles is 1. The number of hydrogen-bond donors (Lipinski definition) is 4. The molecule has 138 valence electrons. The SMILES string of the molecule is Cc1cc(Nc2csc(N[C@@H]3C[C@H]4CC(CCC#N)C[C@@H](C3)N4)n2)n[nH]1. The monoisotopic (exact) mass is 371 g/mol. The number of hydrogen-bond acceptors (Lipinski definition) is 7. The number of nitrogens with zero attached hydrogens (tertiary/aromatic N) is 3. The molecule has 4 heterocycles. The van der Waals surface area contributed by atoms with E-state index in [0.717, 1.165) is 41.7 Å². The third-order valence-corrected chi connectivity index (χ3v) is 6.08. The highest BCUT2D eigenvalue weighted by Crippen LogP contribution is 2.34. The number of piperidine rings is 2. The lowest BCUT2D eigenvalue weighted by Crippen LogP contribution is -2.54. The first kappa shape index (κ1) is 17.3. The Labute approximate surface area is 157 Å². The molecule has 4 N–H and O–H groups in total. The van der Waals surface area contributed by atoms with Gasteiger partial charge in [0.1, 0.15) is 5.82 Å². The van der Waals surface area contributed by atoms with E-state index in [4.69, 9.17) is 5.26 Å². The molecule has 0 aromatic carbocycles. The molecule has 2 aromatic heterocycles. The number of H-pyrrole nitrogens is 1. The number of rotatable bonds is 6. The lowest BCUT2D eigenvalue weighted by molar-refractivity contribution is 0.171. The molecule has 1 unspecified atom stereocenters. The Bertz CT molecular complexity index is 763. The van der Waals surface area contributed by atoms with Crippen LogP contribution in [0.15, 0.2) is 11.4 Å². The van der Waals surface area contributed by atoms with Gasteiger partial charge in [-0.2, -0.15) is 10.4 Å². The number of aromatic amines is 1. The lowest BCUT2D eigenvalue weighted by Gasteiger charge is -2.43. The zero-order valence-corrected chi connectivity index (χ0v) is 15.8. The van der Waals surface area contributed by atoms with Crippen LogP contribution in [0.5, 0.6) is 0 Å². The molecule has 8 heteroatoms. The van der Waals surface area contributed by atoms with Crippen LogP contribution < -0.4 is 16.0 Å². The van der Waals surface area contributed by atoms with E-state index in [1.807, 2.05) is 18.4 Å². The van der Waals surface area contributed by atoms with Crippen molar-refractivity contribution in [1.82, 2.24) is 20.5 Å². The fraction of sp³-hybridized carbons (Fsp3) is 0.611. The summed E-state index contributed by atoms with van der Waals surface area (Å²) in [6, 6.07) is 5.85. The highest BCUT2D eigenvalue weighted by atomic mass is 32.1. The summed E-state index contributed by atoms with van der Waals surface area (Å²) in [5, 5.41) is 29.5. The second kappa shape index (κ2) is 7.64. The van der Waals surface area contributed by atoms with E-state index in [9.17, 15) is 0 Å². The first-order chi connectivity index (χ1) is 12.7. The zero-order chi connectivity index (χ0) is 17.9. The minimum absolute atomic E-state index is 0.467. The standard InChI is InChI=1S/C18H25N7S/c1-11-5-16(25-24-11)22-17-10-26-18(23-17)21-15-8-13-6-12(3-2-4-19)7-14(9-15)20-13/h5,10,12-15,20H,2-3,6-9H2,1H3,(H,21,23)(H2,22,24,25)/t12?,13-,14+,15-. The van der Waals surface area contributed by atoms with Gasteiger partial charge in [0, 0.05) is 41.7 Å². The zero-order valence-electron chi connectivity index (χ0n) is 15.0. The van der Waals surface area contributed by atoms with Crippen LogP contribution in [0.25, 0.3) is 0 Å². The van der Waals surface area contributed by atoms with E-state index in [0.29, 0.717) is 30.5 Å². The van der Waals surface area contributed by atoms with Crippen LogP contribution in [0.4, 0.5) is 16.8 Å². The molecule has 26 heavy (non-hydrogen) atoms. The van der Waals surface area contributed by atoms with Crippen molar-refractivity contribution in [2.75, 3.05) is 10.6 Å². The molecule has 2 bridgehead atoms. The van der Waals surface area contributed by atoms with Crippen LogP contribution >= 0.6 is 11.3 Å². The Hall–Kier alpha value is -2.11. The summed E-state index contributed by atoms with van der Waals surface area (Å²) in [6.45, 7) is 1.98. The largest absolute Gasteiger partial charge is 0.359 e. The van der Waals surface area contributed by atoms with Crippen LogP contribution in [0, 0.1) is 24.2 Å². The molecule has 2 aromatic rings. The molecule has 2 aliphatic rings. The quantitative estimate of drug-likeness (QED) is 0.620. The second-order valence-electron chi connectivity index (χ2n) is 7.51. The van der Waals surface area contributed by atoms with E-state index < -0.39 is 0 Å². The molecular weight excluding hydrogens is 346 g/mol. The van der Waals surface area contributed by atoms with Crippen LogP contribution in [0.3, 0.4) is 0 Å². The lowest BCUT2D eigenvalue weighted by atomic mass is 9.77. The summed E-state index contributed by atoms with van der Waals surface area (Å²) >= 11 is 1.63. The molecule has 0 amide bonds. The number of fused-ring (bicyclic) bond motifs is 2. The first-order valence-corrected chi connectivity index (χ1v) is 10.2. The van der Waals surface area contributed by atoms with Crippen molar-refractivity contribution >= 4 is 28.1 Å². The first-order valence-electron chi connectivity index (χ1n) is 9.32. The summed E-state index contributed by atoms with van der Waals surface area (Å²) in [5.41, 5.74) is 1.02. The minimum Gasteiger partial charge on any atom is -0.359 e. The van der Waals surface area contributed by atoms with Gasteiger partial charge in [0.25, 0.3) is 0 Å². The van der Waals surface area contributed by atoms with Crippen molar-refractivity contribution in [3.63, 3.8) is 0 Å². The number of thiazole rings is 1. The van der Waals surface area contributed by atoms with Gasteiger partial charge in [-0.15, -0.1) is 11.3 Å².